The number of thioether (sulfide) groups is 1. The van der Waals surface area contributed by atoms with Crippen LogP contribution in [-0.2, 0) is 4.79 Å². The average molecular weight is 302 g/mol. The van der Waals surface area contributed by atoms with E-state index in [9.17, 15) is 9.59 Å². The number of hydrogen-bond acceptors (Lipinski definition) is 4. The Morgan fingerprint density at radius 1 is 1.19 bits per heavy atom. The minimum atomic E-state index is -1.09. The maximum absolute atomic E-state index is 11.8. The van der Waals surface area contributed by atoms with Gasteiger partial charge < -0.3 is 10.4 Å². The topological polar surface area (TPSA) is 79.3 Å². The second-order valence-corrected chi connectivity index (χ2v) is 5.44. The molecule has 6 heteroatoms. The van der Waals surface area contributed by atoms with Gasteiger partial charge in [0.2, 0.25) is 5.91 Å². The number of carbonyl (C=O) groups excluding carboxylic acids is 1. The summed E-state index contributed by atoms with van der Waals surface area (Å²) in [5.41, 5.74) is 1.60. The molecule has 108 valence electrons. The highest BCUT2D eigenvalue weighted by atomic mass is 32.2. The van der Waals surface area contributed by atoms with Gasteiger partial charge in [-0.05, 0) is 31.2 Å². The van der Waals surface area contributed by atoms with E-state index in [-0.39, 0.29) is 17.4 Å². The van der Waals surface area contributed by atoms with Crippen LogP contribution in [-0.4, -0.2) is 27.7 Å². The minimum Gasteiger partial charge on any atom is -0.477 e. The van der Waals surface area contributed by atoms with Crippen molar-refractivity contribution < 1.29 is 14.7 Å². The summed E-state index contributed by atoms with van der Waals surface area (Å²) in [7, 11) is 0. The zero-order valence-electron chi connectivity index (χ0n) is 11.4. The third-order valence-corrected chi connectivity index (χ3v) is 3.67. The number of amides is 1. The third-order valence-electron chi connectivity index (χ3n) is 2.66. The molecular weight excluding hydrogens is 288 g/mol. The number of carboxylic acids is 1. The molecule has 1 aromatic heterocycles. The van der Waals surface area contributed by atoms with Crippen molar-refractivity contribution in [3.63, 3.8) is 0 Å². The first kappa shape index (κ1) is 15.1. The molecule has 2 rings (SSSR count). The van der Waals surface area contributed by atoms with Crippen molar-refractivity contribution in [1.29, 1.82) is 0 Å². The Hall–Kier alpha value is -2.34. The van der Waals surface area contributed by atoms with Gasteiger partial charge in [0, 0.05) is 4.90 Å². The molecule has 2 aromatic rings. The fraction of sp³-hybridized carbons (Fsp3) is 0.133. The largest absolute Gasteiger partial charge is 0.477 e. The van der Waals surface area contributed by atoms with Gasteiger partial charge in [-0.2, -0.15) is 0 Å². The van der Waals surface area contributed by atoms with Gasteiger partial charge >= 0.3 is 5.97 Å². The van der Waals surface area contributed by atoms with Gasteiger partial charge in [-0.25, -0.2) is 9.78 Å². The molecule has 0 saturated heterocycles. The molecule has 1 heterocycles. The van der Waals surface area contributed by atoms with E-state index < -0.39 is 5.97 Å². The van der Waals surface area contributed by atoms with Crippen LogP contribution in [0.2, 0.25) is 0 Å². The number of carboxylic acid groups (broad SMARTS) is 1. The quantitative estimate of drug-likeness (QED) is 0.830. The summed E-state index contributed by atoms with van der Waals surface area (Å²) >= 11 is 1.44. The summed E-state index contributed by atoms with van der Waals surface area (Å²) in [6.07, 6.45) is 1.33. The van der Waals surface area contributed by atoms with E-state index >= 15 is 0 Å². The molecule has 0 atom stereocenters. The first-order valence-corrected chi connectivity index (χ1v) is 7.22. The third kappa shape index (κ3) is 4.61. The maximum Gasteiger partial charge on any atom is 0.354 e. The second kappa shape index (κ2) is 6.90. The zero-order valence-corrected chi connectivity index (χ0v) is 12.2. The standard InChI is InChI=1S/C15H14N2O3S/c1-10-2-5-12(6-3-10)21-9-14(18)17-11-4-7-13(15(19)20)16-8-11/h2-8H,9H2,1H3,(H,17,18)(H,19,20). The fourth-order valence-corrected chi connectivity index (χ4v) is 2.27. The van der Waals surface area contributed by atoms with Crippen molar-refractivity contribution in [3.8, 4) is 0 Å². The maximum atomic E-state index is 11.8. The van der Waals surface area contributed by atoms with E-state index in [2.05, 4.69) is 10.3 Å². The number of carbonyl (C=O) groups is 2. The van der Waals surface area contributed by atoms with Crippen LogP contribution >= 0.6 is 11.8 Å². The number of aryl methyl sites for hydroxylation is 1. The van der Waals surface area contributed by atoms with Crippen LogP contribution in [0.3, 0.4) is 0 Å². The van der Waals surface area contributed by atoms with Gasteiger partial charge in [0.15, 0.2) is 0 Å². The van der Waals surface area contributed by atoms with E-state index in [0.29, 0.717) is 5.69 Å². The molecule has 0 unspecified atom stereocenters. The van der Waals surface area contributed by atoms with Gasteiger partial charge in [0.1, 0.15) is 5.69 Å². The van der Waals surface area contributed by atoms with Crippen LogP contribution in [0.25, 0.3) is 0 Å². The van der Waals surface area contributed by atoms with Crippen LogP contribution in [0.5, 0.6) is 0 Å². The highest BCUT2D eigenvalue weighted by Crippen LogP contribution is 2.18. The summed E-state index contributed by atoms with van der Waals surface area (Å²) in [6.45, 7) is 2.01. The molecule has 2 N–H and O–H groups in total. The number of aromatic carboxylic acids is 1. The zero-order chi connectivity index (χ0) is 15.2. The van der Waals surface area contributed by atoms with E-state index in [1.54, 1.807) is 0 Å². The van der Waals surface area contributed by atoms with Crippen LogP contribution < -0.4 is 5.32 Å². The van der Waals surface area contributed by atoms with Crippen molar-refractivity contribution in [2.45, 2.75) is 11.8 Å². The van der Waals surface area contributed by atoms with Crippen LogP contribution in [0.15, 0.2) is 47.5 Å². The van der Waals surface area contributed by atoms with E-state index in [1.165, 1.54) is 35.7 Å². The van der Waals surface area contributed by atoms with Crippen molar-refractivity contribution in [2.75, 3.05) is 11.1 Å². The second-order valence-electron chi connectivity index (χ2n) is 4.39. The Balaban J connectivity index is 1.86. The molecular formula is C15H14N2O3S. The predicted octanol–water partition coefficient (Wildman–Crippen LogP) is 2.82. The highest BCUT2D eigenvalue weighted by molar-refractivity contribution is 8.00. The average Bonchev–Trinajstić information content (AvgIpc) is 2.47. The van der Waals surface area contributed by atoms with E-state index in [1.807, 2.05) is 31.2 Å². The van der Waals surface area contributed by atoms with Gasteiger partial charge in [-0.15, -0.1) is 11.8 Å². The molecule has 0 aliphatic heterocycles. The Labute approximate surface area is 126 Å². The van der Waals surface area contributed by atoms with Crippen molar-refractivity contribution in [1.82, 2.24) is 4.98 Å². The highest BCUT2D eigenvalue weighted by Gasteiger charge is 2.06. The lowest BCUT2D eigenvalue weighted by Crippen LogP contribution is -2.14. The summed E-state index contributed by atoms with van der Waals surface area (Å²) in [6, 6.07) is 10.8. The molecule has 0 fully saturated rings. The Bertz CT molecular complexity index is 639. The lowest BCUT2D eigenvalue weighted by Gasteiger charge is -2.05. The molecule has 21 heavy (non-hydrogen) atoms. The summed E-state index contributed by atoms with van der Waals surface area (Å²) in [5.74, 6) is -0.975. The molecule has 0 saturated carbocycles. The smallest absolute Gasteiger partial charge is 0.354 e. The number of nitrogens with zero attached hydrogens (tertiary/aromatic N) is 1. The van der Waals surface area contributed by atoms with Gasteiger partial charge in [0.25, 0.3) is 0 Å². The monoisotopic (exact) mass is 302 g/mol. The molecule has 1 amide bonds. The number of pyridine rings is 1. The van der Waals surface area contributed by atoms with Crippen LogP contribution in [0.1, 0.15) is 16.1 Å². The van der Waals surface area contributed by atoms with E-state index in [4.69, 9.17) is 5.11 Å². The number of benzene rings is 1. The first-order chi connectivity index (χ1) is 10.0. The number of aromatic nitrogens is 1. The minimum absolute atomic E-state index is 0.0537. The summed E-state index contributed by atoms with van der Waals surface area (Å²) in [4.78, 5) is 27.2. The van der Waals surface area contributed by atoms with Gasteiger partial charge in [0.05, 0.1) is 17.6 Å². The Morgan fingerprint density at radius 2 is 1.90 bits per heavy atom. The molecule has 5 nitrogen and oxygen atoms in total. The predicted molar refractivity (Wildman–Crippen MR) is 81.7 cm³/mol. The van der Waals surface area contributed by atoms with Crippen molar-refractivity contribution in [3.05, 3.63) is 53.9 Å². The van der Waals surface area contributed by atoms with Crippen molar-refractivity contribution >= 4 is 29.3 Å². The molecule has 0 spiro atoms. The van der Waals surface area contributed by atoms with E-state index in [0.717, 1.165) is 4.90 Å². The van der Waals surface area contributed by atoms with Gasteiger partial charge in [-0.3, -0.25) is 4.79 Å². The molecule has 0 aliphatic carbocycles. The lowest BCUT2D eigenvalue weighted by molar-refractivity contribution is -0.113. The molecule has 1 aromatic carbocycles. The van der Waals surface area contributed by atoms with Crippen LogP contribution in [0, 0.1) is 6.92 Å². The van der Waals surface area contributed by atoms with Crippen molar-refractivity contribution in [2.24, 2.45) is 0 Å². The SMILES string of the molecule is Cc1ccc(SCC(=O)Nc2ccc(C(=O)O)nc2)cc1. The first-order valence-electron chi connectivity index (χ1n) is 6.23. The molecule has 0 bridgehead atoms. The normalized spacial score (nSPS) is 10.1. The van der Waals surface area contributed by atoms with Gasteiger partial charge in [-0.1, -0.05) is 17.7 Å². The fourth-order valence-electron chi connectivity index (χ4n) is 1.57. The number of rotatable bonds is 5. The molecule has 0 aliphatic rings. The summed E-state index contributed by atoms with van der Waals surface area (Å²) < 4.78 is 0. The number of nitrogens with one attached hydrogen (secondary N) is 1. The Kier molecular flexibility index (Phi) is 4.94. The number of anilines is 1. The Morgan fingerprint density at radius 3 is 2.48 bits per heavy atom. The van der Waals surface area contributed by atoms with Crippen LogP contribution in [0.4, 0.5) is 5.69 Å². The molecule has 0 radical (unpaired) electrons. The summed E-state index contributed by atoms with van der Waals surface area (Å²) in [5, 5.41) is 11.4. The lowest BCUT2D eigenvalue weighted by atomic mass is 10.2. The number of hydrogen-bond donors (Lipinski definition) is 2.